The van der Waals surface area contributed by atoms with E-state index < -0.39 is 16.3 Å². The second kappa shape index (κ2) is 8.86. The smallest absolute Gasteiger partial charge is 0.342 e. The SMILES string of the molecule is O=C(O)c1c(=O)c2cc(N3CCC(N4CCCCC4)CC3)c([N+](=O)[O-])cc2n2c1sc1ccccc12. The number of rotatable bonds is 4. The normalized spacial score (nSPS) is 17.8. The summed E-state index contributed by atoms with van der Waals surface area (Å²) in [5, 5.41) is 22.3. The molecule has 0 spiro atoms. The van der Waals surface area contributed by atoms with Gasteiger partial charge in [-0.15, -0.1) is 11.3 Å². The number of pyridine rings is 1. The summed E-state index contributed by atoms with van der Waals surface area (Å²) in [6, 6.07) is 10.8. The number of aromatic carboxylic acids is 1. The highest BCUT2D eigenvalue weighted by Crippen LogP contribution is 2.38. The standard InChI is InChI=1S/C26H26N4O5S/c31-24-17-14-20(28-12-8-16(9-13-28)27-10-4-1-5-11-27)21(30(34)35)15-19(17)29-18-6-2-3-7-22(18)36-25(29)23(24)26(32)33/h2-3,6-7,14-16H,1,4-5,8-13H2,(H,32,33). The fourth-order valence-corrected chi connectivity index (χ4v) is 7.09. The number of hydrogen-bond donors (Lipinski definition) is 1. The number of carbonyl (C=O) groups is 1. The molecule has 10 heteroatoms. The third-order valence-electron chi connectivity index (χ3n) is 7.66. The van der Waals surface area contributed by atoms with Crippen LogP contribution in [0.2, 0.25) is 0 Å². The van der Waals surface area contributed by atoms with Crippen molar-refractivity contribution in [2.45, 2.75) is 38.1 Å². The molecule has 0 aliphatic carbocycles. The average molecular weight is 507 g/mol. The number of carboxylic acids is 1. The van der Waals surface area contributed by atoms with Crippen LogP contribution in [0.4, 0.5) is 11.4 Å². The summed E-state index contributed by atoms with van der Waals surface area (Å²) in [6.45, 7) is 3.54. The fourth-order valence-electron chi connectivity index (χ4n) is 5.90. The van der Waals surface area contributed by atoms with Gasteiger partial charge in [-0.1, -0.05) is 18.6 Å². The molecule has 0 saturated carbocycles. The van der Waals surface area contributed by atoms with Crippen LogP contribution in [-0.2, 0) is 0 Å². The number of piperidine rings is 2. The van der Waals surface area contributed by atoms with Crippen LogP contribution in [-0.4, -0.2) is 57.5 Å². The molecule has 2 aromatic heterocycles. The van der Waals surface area contributed by atoms with Crippen LogP contribution in [0.15, 0.2) is 41.2 Å². The molecule has 2 fully saturated rings. The van der Waals surface area contributed by atoms with Crippen molar-refractivity contribution in [3.63, 3.8) is 0 Å². The van der Waals surface area contributed by atoms with Gasteiger partial charge in [0.25, 0.3) is 5.69 Å². The monoisotopic (exact) mass is 506 g/mol. The minimum atomic E-state index is -1.30. The summed E-state index contributed by atoms with van der Waals surface area (Å²) in [7, 11) is 0. The van der Waals surface area contributed by atoms with E-state index in [1.165, 1.54) is 36.7 Å². The number of carboxylic acid groups (broad SMARTS) is 1. The fraction of sp³-hybridized carbons (Fsp3) is 0.385. The predicted octanol–water partition coefficient (Wildman–Crippen LogP) is 4.73. The first kappa shape index (κ1) is 22.9. The van der Waals surface area contributed by atoms with Crippen LogP contribution in [0.3, 0.4) is 0 Å². The van der Waals surface area contributed by atoms with E-state index >= 15 is 0 Å². The molecule has 0 atom stereocenters. The van der Waals surface area contributed by atoms with E-state index in [1.54, 1.807) is 10.5 Å². The van der Waals surface area contributed by atoms with Gasteiger partial charge in [-0.05, 0) is 57.0 Å². The highest BCUT2D eigenvalue weighted by atomic mass is 32.1. The average Bonchev–Trinajstić information content (AvgIpc) is 3.27. The molecule has 2 aliphatic rings. The molecule has 0 radical (unpaired) electrons. The van der Waals surface area contributed by atoms with Gasteiger partial charge in [-0.25, -0.2) is 4.79 Å². The van der Waals surface area contributed by atoms with E-state index in [9.17, 15) is 24.8 Å². The Labute approximate surface area is 210 Å². The minimum Gasteiger partial charge on any atom is -0.477 e. The number of nitrogens with zero attached hydrogens (tertiary/aromatic N) is 4. The molecule has 36 heavy (non-hydrogen) atoms. The van der Waals surface area contributed by atoms with Crippen molar-refractivity contribution in [3.8, 4) is 0 Å². The van der Waals surface area contributed by atoms with Gasteiger partial charge in [0.1, 0.15) is 16.1 Å². The lowest BCUT2D eigenvalue weighted by Gasteiger charge is -2.40. The number of para-hydroxylation sites is 1. The number of hydrogen-bond acceptors (Lipinski definition) is 7. The number of nitro groups is 1. The maximum Gasteiger partial charge on any atom is 0.342 e. The van der Waals surface area contributed by atoms with Crippen molar-refractivity contribution < 1.29 is 14.8 Å². The van der Waals surface area contributed by atoms with Gasteiger partial charge < -0.3 is 14.9 Å². The first-order valence-electron chi connectivity index (χ1n) is 12.3. The molecule has 2 aromatic carbocycles. The summed E-state index contributed by atoms with van der Waals surface area (Å²) < 4.78 is 2.48. The molecule has 2 aliphatic heterocycles. The number of thiazole rings is 1. The molecule has 0 amide bonds. The maximum absolute atomic E-state index is 13.5. The summed E-state index contributed by atoms with van der Waals surface area (Å²) in [4.78, 5) is 42.2. The molecule has 4 heterocycles. The lowest BCUT2D eigenvalue weighted by atomic mass is 9.99. The van der Waals surface area contributed by atoms with E-state index in [-0.39, 0.29) is 21.5 Å². The molecule has 2 saturated heterocycles. The molecule has 4 aromatic rings. The number of fused-ring (bicyclic) bond motifs is 5. The van der Waals surface area contributed by atoms with E-state index in [2.05, 4.69) is 4.90 Å². The van der Waals surface area contributed by atoms with E-state index in [0.29, 0.717) is 30.3 Å². The largest absolute Gasteiger partial charge is 0.477 e. The molecular formula is C26H26N4O5S. The van der Waals surface area contributed by atoms with Crippen LogP contribution in [0.25, 0.3) is 25.9 Å². The Morgan fingerprint density at radius 2 is 1.75 bits per heavy atom. The van der Waals surface area contributed by atoms with Crippen LogP contribution < -0.4 is 10.3 Å². The van der Waals surface area contributed by atoms with Gasteiger partial charge >= 0.3 is 5.97 Å². The van der Waals surface area contributed by atoms with Gasteiger partial charge in [0, 0.05) is 30.6 Å². The third kappa shape index (κ3) is 3.63. The highest BCUT2D eigenvalue weighted by molar-refractivity contribution is 7.24. The zero-order valence-corrected chi connectivity index (χ0v) is 20.5. The first-order chi connectivity index (χ1) is 17.4. The second-order valence-electron chi connectivity index (χ2n) is 9.65. The van der Waals surface area contributed by atoms with E-state index in [1.807, 2.05) is 29.2 Å². The van der Waals surface area contributed by atoms with Gasteiger partial charge in [0.15, 0.2) is 0 Å². The Hall–Kier alpha value is -3.50. The number of benzene rings is 2. The molecule has 0 bridgehead atoms. The number of likely N-dealkylation sites (tertiary alicyclic amines) is 1. The summed E-state index contributed by atoms with van der Waals surface area (Å²) in [5.74, 6) is -1.30. The Morgan fingerprint density at radius 3 is 2.44 bits per heavy atom. The predicted molar refractivity (Wildman–Crippen MR) is 141 cm³/mol. The zero-order valence-electron chi connectivity index (χ0n) is 19.7. The first-order valence-corrected chi connectivity index (χ1v) is 13.2. The lowest BCUT2D eigenvalue weighted by molar-refractivity contribution is -0.384. The van der Waals surface area contributed by atoms with Crippen molar-refractivity contribution in [1.29, 1.82) is 0 Å². The quantitative estimate of drug-likeness (QED) is 0.315. The topological polar surface area (TPSA) is 108 Å². The molecular weight excluding hydrogens is 480 g/mol. The number of anilines is 1. The van der Waals surface area contributed by atoms with Gasteiger partial charge in [-0.3, -0.25) is 19.3 Å². The van der Waals surface area contributed by atoms with E-state index in [4.69, 9.17) is 0 Å². The second-order valence-corrected chi connectivity index (χ2v) is 10.7. The molecule has 6 rings (SSSR count). The van der Waals surface area contributed by atoms with Gasteiger partial charge in [0.2, 0.25) is 5.43 Å². The van der Waals surface area contributed by atoms with Crippen molar-refractivity contribution >= 4 is 54.6 Å². The Bertz CT molecular complexity index is 1580. The Kier molecular flexibility index (Phi) is 5.65. The van der Waals surface area contributed by atoms with Crippen molar-refractivity contribution in [2.75, 3.05) is 31.1 Å². The summed E-state index contributed by atoms with van der Waals surface area (Å²) in [6.07, 6.45) is 5.53. The minimum absolute atomic E-state index is 0.0644. The maximum atomic E-state index is 13.5. The molecule has 0 unspecified atom stereocenters. The van der Waals surface area contributed by atoms with Crippen molar-refractivity contribution in [1.82, 2.24) is 9.30 Å². The van der Waals surface area contributed by atoms with Crippen LogP contribution >= 0.6 is 11.3 Å². The Balaban J connectivity index is 1.51. The zero-order chi connectivity index (χ0) is 25.0. The van der Waals surface area contributed by atoms with E-state index in [0.717, 1.165) is 36.1 Å². The highest BCUT2D eigenvalue weighted by Gasteiger charge is 2.31. The molecule has 9 nitrogen and oxygen atoms in total. The van der Waals surface area contributed by atoms with Crippen LogP contribution in [0.5, 0.6) is 0 Å². The molecule has 186 valence electrons. The van der Waals surface area contributed by atoms with Gasteiger partial charge in [0.05, 0.1) is 20.7 Å². The Morgan fingerprint density at radius 1 is 1.03 bits per heavy atom. The summed E-state index contributed by atoms with van der Waals surface area (Å²) >= 11 is 1.20. The summed E-state index contributed by atoms with van der Waals surface area (Å²) in [5.41, 5.74) is 0.490. The van der Waals surface area contributed by atoms with Gasteiger partial charge in [-0.2, -0.15) is 0 Å². The van der Waals surface area contributed by atoms with Crippen LogP contribution in [0.1, 0.15) is 42.5 Å². The van der Waals surface area contributed by atoms with Crippen LogP contribution in [0, 0.1) is 10.1 Å². The number of aromatic nitrogens is 1. The van der Waals surface area contributed by atoms with Crippen molar-refractivity contribution in [3.05, 3.63) is 62.3 Å². The van der Waals surface area contributed by atoms with Crippen molar-refractivity contribution in [2.24, 2.45) is 0 Å². The lowest BCUT2D eigenvalue weighted by Crippen LogP contribution is -2.46. The third-order valence-corrected chi connectivity index (χ3v) is 8.80. The number of nitro benzene ring substituents is 1. The molecule has 1 N–H and O–H groups in total.